The second kappa shape index (κ2) is 9.21. The van der Waals surface area contributed by atoms with E-state index < -0.39 is 55.8 Å². The van der Waals surface area contributed by atoms with Gasteiger partial charge in [-0.2, -0.15) is 26.3 Å². The number of ether oxygens (including phenoxy) is 2. The average Bonchev–Trinajstić information content (AvgIpc) is 2.69. The van der Waals surface area contributed by atoms with Crippen molar-refractivity contribution >= 4 is 27.8 Å². The first-order valence-corrected chi connectivity index (χ1v) is 10.1. The van der Waals surface area contributed by atoms with Gasteiger partial charge in [-0.15, -0.1) is 0 Å². The summed E-state index contributed by atoms with van der Waals surface area (Å²) in [6.07, 6.45) is -8.71. The zero-order valence-corrected chi connectivity index (χ0v) is 17.5. The number of carbonyl (C=O) groups is 1. The van der Waals surface area contributed by atoms with Crippen molar-refractivity contribution in [2.45, 2.75) is 17.2 Å². The molecule has 0 amide bonds. The molecule has 2 N–H and O–H groups in total. The topological polar surface area (TPSA) is 102 Å². The number of hydrogen-bond donors (Lipinski definition) is 2. The number of rotatable bonds is 7. The van der Waals surface area contributed by atoms with Crippen molar-refractivity contribution in [2.24, 2.45) is 0 Å². The van der Waals surface area contributed by atoms with Crippen LogP contribution in [0.2, 0.25) is 0 Å². The maximum absolute atomic E-state index is 13.1. The highest BCUT2D eigenvalue weighted by atomic mass is 32.2. The van der Waals surface area contributed by atoms with Crippen molar-refractivity contribution in [3.8, 4) is 11.5 Å². The van der Waals surface area contributed by atoms with Crippen LogP contribution in [0.15, 0.2) is 41.3 Å². The minimum atomic E-state index is -5.19. The van der Waals surface area contributed by atoms with Gasteiger partial charge in [0.25, 0.3) is 10.0 Å². The summed E-state index contributed by atoms with van der Waals surface area (Å²) in [4.78, 5) is 10.0. The number of aliphatic carboxylic acids is 1. The summed E-state index contributed by atoms with van der Waals surface area (Å²) in [6.45, 7) is 0. The molecule has 2 rings (SSSR count). The minimum absolute atomic E-state index is 0.0181. The fraction of sp³-hybridized carbons (Fsp3) is 0.211. The van der Waals surface area contributed by atoms with Gasteiger partial charge in [-0.25, -0.2) is 13.2 Å². The van der Waals surface area contributed by atoms with Gasteiger partial charge < -0.3 is 14.6 Å². The maximum Gasteiger partial charge on any atom is 0.416 e. The number of nitrogens with one attached hydrogen (secondary N) is 1. The lowest BCUT2D eigenvalue weighted by molar-refractivity contribution is -0.143. The van der Waals surface area contributed by atoms with Crippen LogP contribution in [-0.2, 0) is 27.2 Å². The van der Waals surface area contributed by atoms with E-state index in [0.717, 1.165) is 26.4 Å². The number of carboxylic acids is 1. The van der Waals surface area contributed by atoms with Crippen molar-refractivity contribution < 1.29 is 54.1 Å². The number of halogens is 6. The van der Waals surface area contributed by atoms with E-state index in [9.17, 15) is 39.6 Å². The van der Waals surface area contributed by atoms with Crippen LogP contribution in [0.1, 0.15) is 16.7 Å². The normalized spacial score (nSPS) is 12.6. The molecule has 0 spiro atoms. The van der Waals surface area contributed by atoms with Crippen LogP contribution in [-0.4, -0.2) is 33.7 Å². The summed E-state index contributed by atoms with van der Waals surface area (Å²) in [5, 5.41) is 8.75. The first-order chi connectivity index (χ1) is 15.1. The van der Waals surface area contributed by atoms with Gasteiger partial charge in [-0.1, -0.05) is 0 Å². The Morgan fingerprint density at radius 1 is 0.939 bits per heavy atom. The van der Waals surface area contributed by atoms with Crippen LogP contribution in [0.5, 0.6) is 11.5 Å². The molecule has 33 heavy (non-hydrogen) atoms. The van der Waals surface area contributed by atoms with Crippen LogP contribution < -0.4 is 14.2 Å². The largest absolute Gasteiger partial charge is 0.493 e. The zero-order chi connectivity index (χ0) is 25.2. The predicted octanol–water partition coefficient (Wildman–Crippen LogP) is 4.64. The molecule has 2 aromatic rings. The van der Waals surface area contributed by atoms with Gasteiger partial charge in [-0.05, 0) is 42.0 Å². The van der Waals surface area contributed by atoms with Crippen LogP contribution in [0.25, 0.3) is 6.08 Å². The SMILES string of the molecule is COc1cc(C=CC(=O)O)cc(S(=O)(=O)Nc2cc(C(F)(F)F)cc(C(F)(F)F)c2)c1OC. The molecule has 0 saturated heterocycles. The molecule has 0 radical (unpaired) electrons. The second-order valence-electron chi connectivity index (χ2n) is 6.33. The molecule has 0 bridgehead atoms. The lowest BCUT2D eigenvalue weighted by Gasteiger charge is -2.17. The number of sulfonamides is 1. The van der Waals surface area contributed by atoms with E-state index >= 15 is 0 Å². The van der Waals surface area contributed by atoms with Crippen LogP contribution >= 0.6 is 0 Å². The Bertz CT molecular complexity index is 1160. The molecule has 14 heteroatoms. The summed E-state index contributed by atoms with van der Waals surface area (Å²) in [6, 6.07) is 2.36. The van der Waals surface area contributed by atoms with E-state index in [0.29, 0.717) is 6.08 Å². The Kier molecular flexibility index (Phi) is 7.21. The predicted molar refractivity (Wildman–Crippen MR) is 103 cm³/mol. The monoisotopic (exact) mass is 499 g/mol. The Balaban J connectivity index is 2.68. The molecule has 0 aliphatic carbocycles. The lowest BCUT2D eigenvalue weighted by Crippen LogP contribution is -2.17. The Morgan fingerprint density at radius 3 is 1.91 bits per heavy atom. The number of carboxylic acid groups (broad SMARTS) is 1. The fourth-order valence-corrected chi connectivity index (χ4v) is 3.89. The smallest absolute Gasteiger partial charge is 0.416 e. The molecule has 2 aromatic carbocycles. The molecule has 0 aliphatic rings. The molecule has 7 nitrogen and oxygen atoms in total. The van der Waals surface area contributed by atoms with Gasteiger partial charge in [0.2, 0.25) is 0 Å². The summed E-state index contributed by atoms with van der Waals surface area (Å²) < 4.78 is 116. The third-order valence-corrected chi connectivity index (χ3v) is 5.40. The quantitative estimate of drug-likeness (QED) is 0.425. The molecule has 0 saturated carbocycles. The van der Waals surface area contributed by atoms with E-state index in [2.05, 4.69) is 0 Å². The van der Waals surface area contributed by atoms with E-state index in [-0.39, 0.29) is 29.5 Å². The lowest BCUT2D eigenvalue weighted by atomic mass is 10.1. The van der Waals surface area contributed by atoms with E-state index in [1.165, 1.54) is 6.07 Å². The number of hydrogen-bond acceptors (Lipinski definition) is 5. The highest BCUT2D eigenvalue weighted by Crippen LogP contribution is 2.40. The highest BCUT2D eigenvalue weighted by molar-refractivity contribution is 7.92. The fourth-order valence-electron chi connectivity index (χ4n) is 2.64. The minimum Gasteiger partial charge on any atom is -0.493 e. The second-order valence-corrected chi connectivity index (χ2v) is 7.98. The summed E-state index contributed by atoms with van der Waals surface area (Å²) in [5.41, 5.74) is -4.48. The number of alkyl halides is 6. The molecule has 0 heterocycles. The van der Waals surface area contributed by atoms with Crippen LogP contribution in [0, 0.1) is 0 Å². The first-order valence-electron chi connectivity index (χ1n) is 8.58. The number of anilines is 1. The molecule has 0 atom stereocenters. The van der Waals surface area contributed by atoms with Gasteiger partial charge in [0, 0.05) is 6.08 Å². The van der Waals surface area contributed by atoms with Crippen molar-refractivity contribution in [3.63, 3.8) is 0 Å². The van der Waals surface area contributed by atoms with Crippen LogP contribution in [0.3, 0.4) is 0 Å². The third-order valence-electron chi connectivity index (χ3n) is 4.01. The Morgan fingerprint density at radius 2 is 1.48 bits per heavy atom. The molecule has 180 valence electrons. The Hall–Kier alpha value is -3.42. The van der Waals surface area contributed by atoms with Gasteiger partial charge in [0.1, 0.15) is 4.90 Å². The maximum atomic E-state index is 13.1. The molecular weight excluding hydrogens is 484 g/mol. The molecule has 0 unspecified atom stereocenters. The van der Waals surface area contributed by atoms with Crippen molar-refractivity contribution in [2.75, 3.05) is 18.9 Å². The molecule has 0 aromatic heterocycles. The van der Waals surface area contributed by atoms with Gasteiger partial charge >= 0.3 is 18.3 Å². The third kappa shape index (κ3) is 6.31. The standard InChI is InChI=1S/C19H15F6NO6S/c1-31-14-5-10(3-4-16(27)28)6-15(17(14)32-2)33(29,30)26-13-8-11(18(20,21)22)7-12(9-13)19(23,24)25/h3-9,26H,1-2H3,(H,27,28). The van der Waals surface area contributed by atoms with Gasteiger partial charge in [0.15, 0.2) is 11.5 Å². The van der Waals surface area contributed by atoms with Crippen LogP contribution in [0.4, 0.5) is 32.0 Å². The van der Waals surface area contributed by atoms with E-state index in [1.54, 1.807) is 4.72 Å². The average molecular weight is 499 g/mol. The number of benzene rings is 2. The van der Waals surface area contributed by atoms with Gasteiger partial charge in [0.05, 0.1) is 31.0 Å². The summed E-state index contributed by atoms with van der Waals surface area (Å²) in [5.74, 6) is -1.97. The number of methoxy groups -OCH3 is 2. The van der Waals surface area contributed by atoms with Gasteiger partial charge in [-0.3, -0.25) is 4.72 Å². The van der Waals surface area contributed by atoms with Crippen molar-refractivity contribution in [1.82, 2.24) is 0 Å². The van der Waals surface area contributed by atoms with E-state index in [4.69, 9.17) is 14.6 Å². The van der Waals surface area contributed by atoms with Crippen molar-refractivity contribution in [1.29, 1.82) is 0 Å². The highest BCUT2D eigenvalue weighted by Gasteiger charge is 2.37. The zero-order valence-electron chi connectivity index (χ0n) is 16.7. The first kappa shape index (κ1) is 25.8. The molecule has 0 aliphatic heterocycles. The molecular formula is C19H15F6NO6S. The summed E-state index contributed by atoms with van der Waals surface area (Å²) >= 11 is 0. The molecule has 0 fully saturated rings. The Labute approximate surface area is 183 Å². The summed E-state index contributed by atoms with van der Waals surface area (Å²) in [7, 11) is -2.66. The van der Waals surface area contributed by atoms with E-state index in [1.807, 2.05) is 0 Å². The van der Waals surface area contributed by atoms with Crippen molar-refractivity contribution in [3.05, 3.63) is 53.1 Å².